The lowest BCUT2D eigenvalue weighted by atomic mass is 9.66. The maximum atomic E-state index is 5.28. The first kappa shape index (κ1) is 37.4. The van der Waals surface area contributed by atoms with Crippen LogP contribution in [0.1, 0.15) is 24.0 Å². The summed E-state index contributed by atoms with van der Waals surface area (Å²) in [5.74, 6) is 0.725. The van der Waals surface area contributed by atoms with Crippen molar-refractivity contribution in [2.75, 3.05) is 0 Å². The van der Waals surface area contributed by atoms with Crippen molar-refractivity contribution in [1.29, 1.82) is 0 Å². The average Bonchev–Trinajstić information content (AvgIpc) is 3.59. The molecule has 0 fully saturated rings. The number of fused-ring (bicyclic) bond motifs is 6. The molecule has 1 aliphatic heterocycles. The van der Waals surface area contributed by atoms with Crippen LogP contribution in [0.4, 0.5) is 0 Å². The molecule has 0 bridgehead atoms. The molecule has 2 aliphatic rings. The number of nitrogens with zero attached hydrogens (tertiary/aromatic N) is 3. The Morgan fingerprint density at radius 1 is 0.533 bits per heavy atom. The molecule has 288 valence electrons. The molecule has 3 heterocycles. The van der Waals surface area contributed by atoms with Crippen LogP contribution >= 0.6 is 11.8 Å². The van der Waals surface area contributed by atoms with Gasteiger partial charge in [0.15, 0.2) is 5.82 Å². The zero-order valence-corrected chi connectivity index (χ0v) is 34.1. The summed E-state index contributed by atoms with van der Waals surface area (Å²) >= 11 is 1.83. The van der Waals surface area contributed by atoms with E-state index in [-0.39, 0.29) is 11.2 Å². The standard InChI is InChI=1S/C56H43N3S/c1-3-48-53(4-2)60-34-14-6-5-13-32-56(48)49-30-28-43(45-23-15-21-41-22-16-33-57-54(41)45)35-46(49)47-36-44(29-31-50(47)56)52-37-51(58-55(59-52)42-19-11-8-12-20-42)40-26-24-39(25-27-40)38-17-9-7-10-18-38/h3-4,7-37,48,53H,1-2,5-6H2/b32-13+,34-14+. The summed E-state index contributed by atoms with van der Waals surface area (Å²) < 4.78 is 0. The molecular formula is C56H43N3S. The first-order valence-corrected chi connectivity index (χ1v) is 21.6. The van der Waals surface area contributed by atoms with Crippen molar-refractivity contribution in [3.8, 4) is 67.3 Å². The Kier molecular flexibility index (Phi) is 10.0. The van der Waals surface area contributed by atoms with Gasteiger partial charge in [-0.1, -0.05) is 164 Å². The highest BCUT2D eigenvalue weighted by Crippen LogP contribution is 2.58. The van der Waals surface area contributed by atoms with Crippen molar-refractivity contribution in [3.05, 3.63) is 224 Å². The van der Waals surface area contributed by atoms with E-state index in [9.17, 15) is 0 Å². The fourth-order valence-corrected chi connectivity index (χ4v) is 10.2. The van der Waals surface area contributed by atoms with Crippen LogP contribution in [0.25, 0.3) is 78.2 Å². The molecule has 1 aliphatic carbocycles. The van der Waals surface area contributed by atoms with Gasteiger partial charge >= 0.3 is 0 Å². The Bertz CT molecular complexity index is 2940. The molecule has 6 aromatic carbocycles. The maximum Gasteiger partial charge on any atom is 0.160 e. The number of hydrogen-bond donors (Lipinski definition) is 0. The summed E-state index contributed by atoms with van der Waals surface area (Å²) in [5.41, 5.74) is 14.9. The van der Waals surface area contributed by atoms with Gasteiger partial charge in [-0.25, -0.2) is 9.97 Å². The Labute approximate surface area is 356 Å². The number of thioether (sulfide) groups is 1. The second-order valence-electron chi connectivity index (χ2n) is 15.5. The van der Waals surface area contributed by atoms with E-state index in [4.69, 9.17) is 15.0 Å². The van der Waals surface area contributed by atoms with Crippen molar-refractivity contribution in [2.24, 2.45) is 5.92 Å². The van der Waals surface area contributed by atoms with Gasteiger partial charge in [0.1, 0.15) is 0 Å². The van der Waals surface area contributed by atoms with Crippen LogP contribution in [0.2, 0.25) is 0 Å². The summed E-state index contributed by atoms with van der Waals surface area (Å²) in [6.07, 6.45) is 15.2. The highest BCUT2D eigenvalue weighted by molar-refractivity contribution is 8.02. The van der Waals surface area contributed by atoms with E-state index in [1.54, 1.807) is 0 Å². The number of hydrogen-bond acceptors (Lipinski definition) is 4. The minimum Gasteiger partial charge on any atom is -0.256 e. The van der Waals surface area contributed by atoms with Crippen molar-refractivity contribution >= 4 is 22.7 Å². The van der Waals surface area contributed by atoms with Gasteiger partial charge in [-0.3, -0.25) is 4.98 Å². The topological polar surface area (TPSA) is 38.7 Å². The number of para-hydroxylation sites is 1. The summed E-state index contributed by atoms with van der Waals surface area (Å²) in [5, 5.41) is 3.48. The first-order valence-electron chi connectivity index (χ1n) is 20.6. The van der Waals surface area contributed by atoms with Gasteiger partial charge in [0.25, 0.3) is 0 Å². The highest BCUT2D eigenvalue weighted by Gasteiger charge is 2.48. The molecule has 3 unspecified atom stereocenters. The van der Waals surface area contributed by atoms with E-state index in [1.807, 2.05) is 48.3 Å². The van der Waals surface area contributed by atoms with Gasteiger partial charge in [-0.2, -0.15) is 0 Å². The third kappa shape index (κ3) is 6.63. The predicted molar refractivity (Wildman–Crippen MR) is 254 cm³/mol. The molecule has 3 nitrogen and oxygen atoms in total. The zero-order valence-electron chi connectivity index (χ0n) is 33.3. The van der Waals surface area contributed by atoms with Crippen LogP contribution in [0.15, 0.2) is 213 Å². The second-order valence-corrected chi connectivity index (χ2v) is 16.6. The van der Waals surface area contributed by atoms with Crippen molar-refractivity contribution in [2.45, 2.75) is 23.5 Å². The molecule has 60 heavy (non-hydrogen) atoms. The largest absolute Gasteiger partial charge is 0.256 e. The summed E-state index contributed by atoms with van der Waals surface area (Å²) in [7, 11) is 0. The minimum absolute atomic E-state index is 0.0316. The van der Waals surface area contributed by atoms with E-state index < -0.39 is 5.41 Å². The fraction of sp³-hybridized carbons (Fsp3) is 0.0893. The third-order valence-electron chi connectivity index (χ3n) is 12.1. The monoisotopic (exact) mass is 789 g/mol. The van der Waals surface area contributed by atoms with E-state index in [1.165, 1.54) is 33.4 Å². The van der Waals surface area contributed by atoms with Crippen LogP contribution < -0.4 is 0 Å². The molecule has 10 rings (SSSR count). The maximum absolute atomic E-state index is 5.28. The lowest BCUT2D eigenvalue weighted by Crippen LogP contribution is -2.37. The van der Waals surface area contributed by atoms with Gasteiger partial charge in [-0.05, 0) is 81.5 Å². The van der Waals surface area contributed by atoms with Crippen molar-refractivity contribution in [3.63, 3.8) is 0 Å². The molecule has 2 aromatic heterocycles. The van der Waals surface area contributed by atoms with E-state index in [0.29, 0.717) is 5.82 Å². The fourth-order valence-electron chi connectivity index (χ4n) is 9.18. The minimum atomic E-state index is -0.468. The third-order valence-corrected chi connectivity index (χ3v) is 13.2. The molecule has 0 radical (unpaired) electrons. The summed E-state index contributed by atoms with van der Waals surface area (Å²) in [6, 6.07) is 56.2. The van der Waals surface area contributed by atoms with Crippen LogP contribution in [-0.4, -0.2) is 20.2 Å². The Hall–Kier alpha value is -6.88. The van der Waals surface area contributed by atoms with Gasteiger partial charge in [0.05, 0.1) is 16.9 Å². The lowest BCUT2D eigenvalue weighted by Gasteiger charge is -2.39. The summed E-state index contributed by atoms with van der Waals surface area (Å²) in [6.45, 7) is 8.84. The predicted octanol–water partition coefficient (Wildman–Crippen LogP) is 14.6. The smallest absolute Gasteiger partial charge is 0.160 e. The molecular weight excluding hydrogens is 747 g/mol. The van der Waals surface area contributed by atoms with Crippen molar-refractivity contribution in [1.82, 2.24) is 15.0 Å². The van der Waals surface area contributed by atoms with E-state index >= 15 is 0 Å². The molecule has 0 saturated carbocycles. The number of benzene rings is 6. The number of aromatic nitrogens is 3. The van der Waals surface area contributed by atoms with Gasteiger partial charge in [0, 0.05) is 50.4 Å². The molecule has 0 amide bonds. The Morgan fingerprint density at radius 2 is 1.15 bits per heavy atom. The van der Waals surface area contributed by atoms with E-state index in [0.717, 1.165) is 62.9 Å². The summed E-state index contributed by atoms with van der Waals surface area (Å²) in [4.78, 5) is 15.3. The molecule has 1 spiro atoms. The normalized spacial score (nSPS) is 19.3. The van der Waals surface area contributed by atoms with Crippen LogP contribution in [0.3, 0.4) is 0 Å². The average molecular weight is 790 g/mol. The van der Waals surface area contributed by atoms with Crippen LogP contribution in [-0.2, 0) is 5.41 Å². The lowest BCUT2D eigenvalue weighted by molar-refractivity contribution is 0.484. The molecule has 0 saturated heterocycles. The van der Waals surface area contributed by atoms with Gasteiger partial charge in [-0.15, -0.1) is 24.9 Å². The number of allylic oxidation sites excluding steroid dienone is 4. The van der Waals surface area contributed by atoms with Gasteiger partial charge < -0.3 is 0 Å². The molecule has 4 heteroatoms. The van der Waals surface area contributed by atoms with E-state index in [2.05, 4.69) is 176 Å². The van der Waals surface area contributed by atoms with Crippen LogP contribution in [0, 0.1) is 5.92 Å². The van der Waals surface area contributed by atoms with Gasteiger partial charge in [0.2, 0.25) is 0 Å². The molecule has 3 atom stereocenters. The highest BCUT2D eigenvalue weighted by atomic mass is 32.2. The molecule has 8 aromatic rings. The number of rotatable bonds is 7. The quantitative estimate of drug-likeness (QED) is 0.151. The Morgan fingerprint density at radius 3 is 1.88 bits per heavy atom. The first-order chi connectivity index (χ1) is 29.6. The SMILES string of the molecule is C=CC1S/C=C/CC/C=C/C2(c3ccc(-c4cc(-c5ccc(-c6ccccc6)cc5)nc(-c5ccccc5)n4)cc3-c3cc(-c4cccc5cccnc45)ccc32)C1C=C. The molecule has 0 N–H and O–H groups in total. The van der Waals surface area contributed by atoms with Crippen LogP contribution in [0.5, 0.6) is 0 Å². The Balaban J connectivity index is 1.18. The zero-order chi connectivity index (χ0) is 40.5. The van der Waals surface area contributed by atoms with Crippen molar-refractivity contribution < 1.29 is 0 Å². The second kappa shape index (κ2) is 16.1. The number of pyridine rings is 1.